The van der Waals surface area contributed by atoms with Crippen LogP contribution in [0.2, 0.25) is 0 Å². The monoisotopic (exact) mass is 510 g/mol. The number of rotatable bonds is 7. The van der Waals surface area contributed by atoms with Gasteiger partial charge in [0, 0.05) is 11.5 Å². The average Bonchev–Trinajstić information content (AvgIpc) is 3.49. The van der Waals surface area contributed by atoms with E-state index in [1.165, 1.54) is 23.7 Å². The van der Waals surface area contributed by atoms with Crippen LogP contribution in [0.5, 0.6) is 5.75 Å². The summed E-state index contributed by atoms with van der Waals surface area (Å²) in [5.74, 6) is 0.331. The van der Waals surface area contributed by atoms with Gasteiger partial charge in [0.15, 0.2) is 0 Å². The molecule has 36 heavy (non-hydrogen) atoms. The zero-order valence-electron chi connectivity index (χ0n) is 20.9. The number of carbonyl (C=O) groups excluding carboxylic acids is 1. The number of hydrogen-bond donors (Lipinski definition) is 0. The molecule has 4 aromatic rings. The topological polar surface area (TPSA) is 100 Å². The maximum atomic E-state index is 14.6. The summed E-state index contributed by atoms with van der Waals surface area (Å²) in [6, 6.07) is 9.75. The highest BCUT2D eigenvalue weighted by Crippen LogP contribution is 2.30. The molecule has 0 bridgehead atoms. The summed E-state index contributed by atoms with van der Waals surface area (Å²) < 4.78 is 35.6. The van der Waals surface area contributed by atoms with E-state index in [1.54, 1.807) is 45.2 Å². The van der Waals surface area contributed by atoms with E-state index in [9.17, 15) is 9.18 Å². The minimum atomic E-state index is -0.706. The zero-order valence-corrected chi connectivity index (χ0v) is 21.7. The van der Waals surface area contributed by atoms with E-state index in [-0.39, 0.29) is 17.6 Å². The van der Waals surface area contributed by atoms with Gasteiger partial charge in [-0.25, -0.2) is 14.2 Å². The smallest absolute Gasteiger partial charge is 0.341 e. The van der Waals surface area contributed by atoms with Gasteiger partial charge >= 0.3 is 5.97 Å². The fourth-order valence-corrected chi connectivity index (χ4v) is 3.93. The molecular weight excluding hydrogens is 483 g/mol. The first kappa shape index (κ1) is 25.4. The molecule has 0 fully saturated rings. The Kier molecular flexibility index (Phi) is 7.16. The van der Waals surface area contributed by atoms with Crippen molar-refractivity contribution in [3.8, 4) is 28.5 Å². The quantitative estimate of drug-likeness (QED) is 0.256. The number of aromatic nitrogens is 4. The maximum Gasteiger partial charge on any atom is 0.341 e. The molecule has 3 heterocycles. The standard InChI is InChI=1S/C26H27FN4O4S/c1-14(2)24-29-23(30-35-24)20-10-8-17(13-28-20)33-15(3)22-12-21(31-36-22)16-7-9-18(19(27)11-16)25(32)34-26(4,5)6/h7-15H,1-6H3/t15-/m1/s1. The molecule has 1 aromatic carbocycles. The van der Waals surface area contributed by atoms with E-state index in [0.29, 0.717) is 34.4 Å². The first-order valence-electron chi connectivity index (χ1n) is 11.5. The molecule has 0 N–H and O–H groups in total. The van der Waals surface area contributed by atoms with Crippen LogP contribution in [0.4, 0.5) is 4.39 Å². The molecule has 0 radical (unpaired) electrons. The van der Waals surface area contributed by atoms with Crippen molar-refractivity contribution in [3.05, 3.63) is 64.7 Å². The van der Waals surface area contributed by atoms with Crippen LogP contribution >= 0.6 is 11.5 Å². The Morgan fingerprint density at radius 1 is 1.08 bits per heavy atom. The lowest BCUT2D eigenvalue weighted by Gasteiger charge is -2.19. The van der Waals surface area contributed by atoms with Gasteiger partial charge in [0.25, 0.3) is 0 Å². The Morgan fingerprint density at radius 3 is 2.47 bits per heavy atom. The second-order valence-corrected chi connectivity index (χ2v) is 10.4. The lowest BCUT2D eigenvalue weighted by atomic mass is 10.1. The molecule has 0 aliphatic rings. The fourth-order valence-electron chi connectivity index (χ4n) is 3.21. The predicted molar refractivity (Wildman–Crippen MR) is 133 cm³/mol. The third-order valence-electron chi connectivity index (χ3n) is 5.03. The van der Waals surface area contributed by atoms with Crippen molar-refractivity contribution in [2.75, 3.05) is 0 Å². The van der Waals surface area contributed by atoms with Crippen molar-refractivity contribution < 1.29 is 23.2 Å². The summed E-state index contributed by atoms with van der Waals surface area (Å²) >= 11 is 1.26. The van der Waals surface area contributed by atoms with Gasteiger partial charge in [-0.05, 0) is 69.6 Å². The van der Waals surface area contributed by atoms with Crippen molar-refractivity contribution in [3.63, 3.8) is 0 Å². The van der Waals surface area contributed by atoms with E-state index in [4.69, 9.17) is 14.0 Å². The Bertz CT molecular complexity index is 1360. The van der Waals surface area contributed by atoms with Gasteiger partial charge in [-0.2, -0.15) is 9.36 Å². The van der Waals surface area contributed by atoms with Crippen molar-refractivity contribution >= 4 is 17.5 Å². The molecule has 4 rings (SSSR count). The second kappa shape index (κ2) is 10.1. The molecule has 1 atom stereocenters. The van der Waals surface area contributed by atoms with Crippen LogP contribution in [-0.2, 0) is 4.74 Å². The van der Waals surface area contributed by atoms with Crippen molar-refractivity contribution in [1.29, 1.82) is 0 Å². The first-order valence-corrected chi connectivity index (χ1v) is 12.2. The fraction of sp³-hybridized carbons (Fsp3) is 0.346. The minimum absolute atomic E-state index is 0.113. The lowest BCUT2D eigenvalue weighted by molar-refractivity contribution is 0.00647. The molecule has 0 spiro atoms. The number of carbonyl (C=O) groups is 1. The van der Waals surface area contributed by atoms with Crippen LogP contribution in [0.15, 0.2) is 47.1 Å². The van der Waals surface area contributed by atoms with Crippen LogP contribution in [0.25, 0.3) is 22.8 Å². The molecule has 8 nitrogen and oxygen atoms in total. The highest BCUT2D eigenvalue weighted by molar-refractivity contribution is 7.06. The predicted octanol–water partition coefficient (Wildman–Crippen LogP) is 6.61. The SMILES string of the molecule is CC(C)c1nc(-c2ccc(O[C@H](C)c3cc(-c4ccc(C(=O)OC(C)(C)C)c(F)c4)ns3)cn2)no1. The van der Waals surface area contributed by atoms with Crippen LogP contribution < -0.4 is 4.74 Å². The summed E-state index contributed by atoms with van der Waals surface area (Å²) in [7, 11) is 0. The van der Waals surface area contributed by atoms with E-state index in [2.05, 4.69) is 19.5 Å². The van der Waals surface area contributed by atoms with E-state index < -0.39 is 17.4 Å². The van der Waals surface area contributed by atoms with Gasteiger partial charge in [-0.1, -0.05) is 25.1 Å². The summed E-state index contributed by atoms with van der Waals surface area (Å²) in [4.78, 5) is 21.8. The first-order chi connectivity index (χ1) is 17.0. The van der Waals surface area contributed by atoms with Gasteiger partial charge in [0.1, 0.15) is 29.0 Å². The molecule has 188 valence electrons. The van der Waals surface area contributed by atoms with E-state index in [1.807, 2.05) is 26.8 Å². The number of halogens is 1. The Morgan fingerprint density at radius 2 is 1.86 bits per heavy atom. The van der Waals surface area contributed by atoms with Crippen molar-refractivity contribution in [1.82, 2.24) is 19.5 Å². The van der Waals surface area contributed by atoms with E-state index >= 15 is 0 Å². The summed E-state index contributed by atoms with van der Waals surface area (Å²) in [5.41, 5.74) is 0.913. The highest BCUT2D eigenvalue weighted by Gasteiger charge is 2.22. The normalized spacial score (nSPS) is 12.6. The Hall–Kier alpha value is -3.66. The van der Waals surface area contributed by atoms with Crippen molar-refractivity contribution in [2.24, 2.45) is 0 Å². The Labute approximate surface area is 212 Å². The molecule has 0 saturated carbocycles. The lowest BCUT2D eigenvalue weighted by Crippen LogP contribution is -2.24. The molecule has 0 saturated heterocycles. The molecule has 3 aromatic heterocycles. The molecule has 10 heteroatoms. The summed E-state index contributed by atoms with van der Waals surface area (Å²) in [6.07, 6.45) is 1.29. The number of esters is 1. The van der Waals surface area contributed by atoms with Gasteiger partial charge in [-0.3, -0.25) is 0 Å². The average molecular weight is 511 g/mol. The van der Waals surface area contributed by atoms with Gasteiger partial charge in [0.2, 0.25) is 11.7 Å². The highest BCUT2D eigenvalue weighted by atomic mass is 32.1. The van der Waals surface area contributed by atoms with Crippen molar-refractivity contribution in [2.45, 2.75) is 59.2 Å². The molecular formula is C26H27FN4O4S. The third-order valence-corrected chi connectivity index (χ3v) is 5.98. The largest absolute Gasteiger partial charge is 0.484 e. The van der Waals surface area contributed by atoms with Crippen LogP contribution in [0, 0.1) is 5.82 Å². The minimum Gasteiger partial charge on any atom is -0.484 e. The third kappa shape index (κ3) is 5.93. The maximum absolute atomic E-state index is 14.6. The second-order valence-electron chi connectivity index (χ2n) is 9.56. The van der Waals surface area contributed by atoms with Crippen LogP contribution in [-0.4, -0.2) is 31.1 Å². The molecule has 0 aliphatic carbocycles. The zero-order chi connectivity index (χ0) is 26.0. The molecule has 0 amide bonds. The van der Waals surface area contributed by atoms with Gasteiger partial charge in [-0.15, -0.1) is 0 Å². The Balaban J connectivity index is 1.43. The number of hydrogen-bond acceptors (Lipinski definition) is 9. The summed E-state index contributed by atoms with van der Waals surface area (Å²) in [6.45, 7) is 11.0. The molecule has 0 unspecified atom stereocenters. The van der Waals surface area contributed by atoms with Crippen LogP contribution in [0.3, 0.4) is 0 Å². The van der Waals surface area contributed by atoms with Gasteiger partial charge < -0.3 is 14.0 Å². The van der Waals surface area contributed by atoms with Crippen LogP contribution in [0.1, 0.15) is 74.7 Å². The van der Waals surface area contributed by atoms with E-state index in [0.717, 1.165) is 4.88 Å². The summed E-state index contributed by atoms with van der Waals surface area (Å²) in [5, 5.41) is 3.97. The van der Waals surface area contributed by atoms with Gasteiger partial charge in [0.05, 0.1) is 22.3 Å². The number of ether oxygens (including phenoxy) is 2. The number of pyridine rings is 1. The number of benzene rings is 1. The molecule has 0 aliphatic heterocycles. The number of nitrogens with zero attached hydrogens (tertiary/aromatic N) is 4.